The first-order chi connectivity index (χ1) is 12.9. The molecule has 0 unspecified atom stereocenters. The summed E-state index contributed by atoms with van der Waals surface area (Å²) in [6, 6.07) is 13.8. The lowest BCUT2D eigenvalue weighted by molar-refractivity contribution is 0.102. The molecule has 0 spiro atoms. The SMILES string of the molecule is CN(C)c1ccc(C(=O)Nc2ccc(=O)n(Cc3ccccc3Cl)c2)cn1. The second-order valence-electron chi connectivity index (χ2n) is 6.23. The number of carbonyl (C=O) groups excluding carboxylic acids is 1. The van der Waals surface area contributed by atoms with E-state index in [2.05, 4.69) is 10.3 Å². The zero-order chi connectivity index (χ0) is 19.4. The molecule has 3 aromatic rings. The van der Waals surface area contributed by atoms with Crippen LogP contribution in [0.4, 0.5) is 11.5 Å². The van der Waals surface area contributed by atoms with Gasteiger partial charge in [-0.2, -0.15) is 0 Å². The van der Waals surface area contributed by atoms with Crippen LogP contribution in [0, 0.1) is 0 Å². The number of nitrogens with zero attached hydrogens (tertiary/aromatic N) is 3. The van der Waals surface area contributed by atoms with Gasteiger partial charge in [-0.3, -0.25) is 9.59 Å². The van der Waals surface area contributed by atoms with E-state index >= 15 is 0 Å². The maximum Gasteiger partial charge on any atom is 0.257 e. The topological polar surface area (TPSA) is 67.2 Å². The van der Waals surface area contributed by atoms with Crippen molar-refractivity contribution >= 4 is 29.0 Å². The van der Waals surface area contributed by atoms with Crippen molar-refractivity contribution in [3.8, 4) is 0 Å². The van der Waals surface area contributed by atoms with Crippen LogP contribution in [0.3, 0.4) is 0 Å². The van der Waals surface area contributed by atoms with Gasteiger partial charge in [0.25, 0.3) is 11.5 Å². The molecule has 6 nitrogen and oxygen atoms in total. The minimum atomic E-state index is -0.296. The van der Waals surface area contributed by atoms with Crippen LogP contribution in [0.1, 0.15) is 15.9 Å². The molecule has 0 radical (unpaired) electrons. The van der Waals surface area contributed by atoms with Crippen molar-refractivity contribution in [2.24, 2.45) is 0 Å². The Morgan fingerprint density at radius 1 is 1.15 bits per heavy atom. The molecular formula is C20H19ClN4O2. The average molecular weight is 383 g/mol. The largest absolute Gasteiger partial charge is 0.363 e. The highest BCUT2D eigenvalue weighted by molar-refractivity contribution is 6.31. The molecule has 0 saturated heterocycles. The second-order valence-corrected chi connectivity index (χ2v) is 6.64. The molecule has 0 atom stereocenters. The molecule has 1 N–H and O–H groups in total. The maximum absolute atomic E-state index is 12.4. The van der Waals surface area contributed by atoms with Crippen LogP contribution in [0.5, 0.6) is 0 Å². The van der Waals surface area contributed by atoms with Crippen LogP contribution in [0.25, 0.3) is 0 Å². The van der Waals surface area contributed by atoms with Crippen molar-refractivity contribution < 1.29 is 4.79 Å². The Balaban J connectivity index is 1.78. The standard InChI is InChI=1S/C20H19ClN4O2/c1-24(2)18-9-7-14(11-22-18)20(27)23-16-8-10-19(26)25(13-16)12-15-5-3-4-6-17(15)21/h3-11,13H,12H2,1-2H3,(H,23,27). The summed E-state index contributed by atoms with van der Waals surface area (Å²) in [7, 11) is 3.76. The summed E-state index contributed by atoms with van der Waals surface area (Å²) in [6.07, 6.45) is 3.12. The van der Waals surface area contributed by atoms with Crippen molar-refractivity contribution in [2.75, 3.05) is 24.3 Å². The molecule has 0 bridgehead atoms. The molecule has 138 valence electrons. The monoisotopic (exact) mass is 382 g/mol. The molecule has 7 heteroatoms. The highest BCUT2D eigenvalue weighted by Gasteiger charge is 2.09. The number of amides is 1. The van der Waals surface area contributed by atoms with E-state index in [1.165, 1.54) is 16.8 Å². The first-order valence-electron chi connectivity index (χ1n) is 8.32. The summed E-state index contributed by atoms with van der Waals surface area (Å²) in [5, 5.41) is 3.38. The highest BCUT2D eigenvalue weighted by Crippen LogP contribution is 2.16. The first kappa shape index (κ1) is 18.7. The van der Waals surface area contributed by atoms with Crippen molar-refractivity contribution in [3.63, 3.8) is 0 Å². The molecule has 2 heterocycles. The predicted octanol–water partition coefficient (Wildman–Crippen LogP) is 3.26. The molecule has 1 amide bonds. The van der Waals surface area contributed by atoms with Crippen molar-refractivity contribution in [3.05, 3.63) is 87.4 Å². The molecule has 3 rings (SSSR count). The van der Waals surface area contributed by atoms with E-state index in [9.17, 15) is 9.59 Å². The number of pyridine rings is 2. The van der Waals surface area contributed by atoms with E-state index in [0.717, 1.165) is 11.4 Å². The lowest BCUT2D eigenvalue weighted by Crippen LogP contribution is -2.21. The molecule has 1 aromatic carbocycles. The Morgan fingerprint density at radius 2 is 1.93 bits per heavy atom. The van der Waals surface area contributed by atoms with Gasteiger partial charge in [0, 0.05) is 37.6 Å². The van der Waals surface area contributed by atoms with E-state index < -0.39 is 0 Å². The highest BCUT2D eigenvalue weighted by atomic mass is 35.5. The van der Waals surface area contributed by atoms with Crippen LogP contribution in [0.15, 0.2) is 65.7 Å². The Kier molecular flexibility index (Phi) is 5.57. The van der Waals surface area contributed by atoms with E-state index in [1.807, 2.05) is 37.2 Å². The number of aromatic nitrogens is 2. The van der Waals surface area contributed by atoms with E-state index in [1.54, 1.807) is 30.5 Å². The van der Waals surface area contributed by atoms with E-state index in [4.69, 9.17) is 11.6 Å². The summed E-state index contributed by atoms with van der Waals surface area (Å²) in [5.41, 5.74) is 1.60. The van der Waals surface area contributed by atoms with Gasteiger partial charge in [-0.1, -0.05) is 29.8 Å². The molecule has 0 aliphatic carbocycles. The van der Waals surface area contributed by atoms with E-state index in [-0.39, 0.29) is 11.5 Å². The Morgan fingerprint density at radius 3 is 2.59 bits per heavy atom. The molecule has 27 heavy (non-hydrogen) atoms. The van der Waals surface area contributed by atoms with Gasteiger partial charge in [0.15, 0.2) is 0 Å². The van der Waals surface area contributed by atoms with Crippen LogP contribution in [-0.4, -0.2) is 29.6 Å². The number of rotatable bonds is 5. The lowest BCUT2D eigenvalue weighted by atomic mass is 10.2. The molecule has 0 aliphatic heterocycles. The normalized spacial score (nSPS) is 10.5. The molecule has 0 saturated carbocycles. The van der Waals surface area contributed by atoms with Crippen LogP contribution < -0.4 is 15.8 Å². The number of hydrogen-bond acceptors (Lipinski definition) is 4. The quantitative estimate of drug-likeness (QED) is 0.735. The van der Waals surface area contributed by atoms with Crippen LogP contribution >= 0.6 is 11.6 Å². The summed E-state index contributed by atoms with van der Waals surface area (Å²) >= 11 is 6.17. The fourth-order valence-corrected chi connectivity index (χ4v) is 2.72. The van der Waals surface area contributed by atoms with Crippen LogP contribution in [-0.2, 0) is 6.54 Å². The van der Waals surface area contributed by atoms with Gasteiger partial charge in [-0.15, -0.1) is 0 Å². The minimum Gasteiger partial charge on any atom is -0.363 e. The number of halogens is 1. The number of carbonyl (C=O) groups is 1. The molecule has 0 aliphatic rings. The van der Waals surface area contributed by atoms with Gasteiger partial charge in [0.1, 0.15) is 5.82 Å². The third kappa shape index (κ3) is 4.54. The van der Waals surface area contributed by atoms with Crippen molar-refractivity contribution in [2.45, 2.75) is 6.54 Å². The summed E-state index contributed by atoms with van der Waals surface area (Å²) < 4.78 is 1.50. The Hall–Kier alpha value is -3.12. The van der Waals surface area contributed by atoms with Gasteiger partial charge in [0.05, 0.1) is 17.8 Å². The van der Waals surface area contributed by atoms with Gasteiger partial charge >= 0.3 is 0 Å². The zero-order valence-corrected chi connectivity index (χ0v) is 15.8. The van der Waals surface area contributed by atoms with Crippen LogP contribution in [0.2, 0.25) is 5.02 Å². The Labute approximate surface area is 162 Å². The molecule has 2 aromatic heterocycles. The van der Waals surface area contributed by atoms with Crippen molar-refractivity contribution in [1.29, 1.82) is 0 Å². The van der Waals surface area contributed by atoms with Gasteiger partial charge in [-0.25, -0.2) is 4.98 Å². The first-order valence-corrected chi connectivity index (χ1v) is 8.70. The van der Waals surface area contributed by atoms with Crippen molar-refractivity contribution in [1.82, 2.24) is 9.55 Å². The number of hydrogen-bond donors (Lipinski definition) is 1. The summed E-state index contributed by atoms with van der Waals surface area (Å²) in [4.78, 5) is 30.7. The fraction of sp³-hybridized carbons (Fsp3) is 0.150. The Bertz CT molecular complexity index is 1010. The number of anilines is 2. The van der Waals surface area contributed by atoms with Gasteiger partial charge in [0.2, 0.25) is 0 Å². The lowest BCUT2D eigenvalue weighted by Gasteiger charge is -2.12. The molecular weight excluding hydrogens is 364 g/mol. The third-order valence-electron chi connectivity index (χ3n) is 4.01. The van der Waals surface area contributed by atoms with Gasteiger partial charge < -0.3 is 14.8 Å². The van der Waals surface area contributed by atoms with E-state index in [0.29, 0.717) is 22.8 Å². The third-order valence-corrected chi connectivity index (χ3v) is 4.38. The summed E-state index contributed by atoms with van der Waals surface area (Å²) in [5.74, 6) is 0.468. The van der Waals surface area contributed by atoms with Gasteiger partial charge in [-0.05, 0) is 29.8 Å². The fourth-order valence-electron chi connectivity index (χ4n) is 2.53. The molecule has 0 fully saturated rings. The number of benzene rings is 1. The maximum atomic E-state index is 12.4. The predicted molar refractivity (Wildman–Crippen MR) is 108 cm³/mol. The average Bonchev–Trinajstić information content (AvgIpc) is 2.66. The smallest absolute Gasteiger partial charge is 0.257 e. The number of nitrogens with one attached hydrogen (secondary N) is 1. The zero-order valence-electron chi connectivity index (χ0n) is 15.0. The minimum absolute atomic E-state index is 0.176. The summed E-state index contributed by atoms with van der Waals surface area (Å²) in [6.45, 7) is 0.321. The second kappa shape index (κ2) is 8.05.